The van der Waals surface area contributed by atoms with Crippen LogP contribution >= 0.6 is 11.3 Å². The number of aryl methyl sites for hydroxylation is 1. The molecule has 0 unspecified atom stereocenters. The van der Waals surface area contributed by atoms with Gasteiger partial charge in [-0.05, 0) is 37.5 Å². The Labute approximate surface area is 143 Å². The van der Waals surface area contributed by atoms with Crippen LogP contribution in [0.4, 0.5) is 5.69 Å². The molecule has 0 spiro atoms. The van der Waals surface area contributed by atoms with Gasteiger partial charge in [-0.3, -0.25) is 14.5 Å². The van der Waals surface area contributed by atoms with Crippen LogP contribution in [0.25, 0.3) is 0 Å². The molecule has 6 nitrogen and oxygen atoms in total. The third kappa shape index (κ3) is 2.99. The SMILES string of the molecule is Cc1ccc2c(c1)OCC(=O)N2Cc1nc(C(=O)NC2CC2)cs1. The summed E-state index contributed by atoms with van der Waals surface area (Å²) in [7, 11) is 0. The molecule has 124 valence electrons. The quantitative estimate of drug-likeness (QED) is 0.924. The van der Waals surface area contributed by atoms with E-state index in [4.69, 9.17) is 4.74 Å². The van der Waals surface area contributed by atoms with Gasteiger partial charge in [0.1, 0.15) is 16.5 Å². The predicted octanol–water partition coefficient (Wildman–Crippen LogP) is 2.27. The fourth-order valence-electron chi connectivity index (χ4n) is 2.60. The summed E-state index contributed by atoms with van der Waals surface area (Å²) in [5, 5.41) is 5.40. The standard InChI is InChI=1S/C17H17N3O3S/c1-10-2-5-13-14(6-10)23-8-16(21)20(13)7-15-19-12(9-24-15)17(22)18-11-3-4-11/h2,5-6,9,11H,3-4,7-8H2,1H3,(H,18,22). The topological polar surface area (TPSA) is 71.5 Å². The fourth-order valence-corrected chi connectivity index (χ4v) is 3.36. The molecule has 4 rings (SSSR count). The summed E-state index contributed by atoms with van der Waals surface area (Å²) in [5.74, 6) is 0.465. The van der Waals surface area contributed by atoms with Crippen molar-refractivity contribution in [3.8, 4) is 5.75 Å². The zero-order valence-corrected chi connectivity index (χ0v) is 14.1. The summed E-state index contributed by atoms with van der Waals surface area (Å²) >= 11 is 1.39. The highest BCUT2D eigenvalue weighted by molar-refractivity contribution is 7.09. The molecule has 1 N–H and O–H groups in total. The van der Waals surface area contributed by atoms with E-state index in [1.807, 2.05) is 25.1 Å². The second-order valence-electron chi connectivity index (χ2n) is 6.11. The summed E-state index contributed by atoms with van der Waals surface area (Å²) < 4.78 is 5.51. The van der Waals surface area contributed by atoms with Crippen molar-refractivity contribution in [2.24, 2.45) is 0 Å². The van der Waals surface area contributed by atoms with Crippen molar-refractivity contribution < 1.29 is 14.3 Å². The van der Waals surface area contributed by atoms with Crippen LogP contribution in [0.1, 0.15) is 33.9 Å². The van der Waals surface area contributed by atoms with E-state index in [1.54, 1.807) is 10.3 Å². The van der Waals surface area contributed by atoms with E-state index in [-0.39, 0.29) is 18.4 Å². The van der Waals surface area contributed by atoms with Crippen molar-refractivity contribution in [3.63, 3.8) is 0 Å². The number of fused-ring (bicyclic) bond motifs is 1. The maximum absolute atomic E-state index is 12.2. The molecule has 0 bridgehead atoms. The van der Waals surface area contributed by atoms with E-state index in [1.165, 1.54) is 11.3 Å². The number of aromatic nitrogens is 1. The largest absolute Gasteiger partial charge is 0.482 e. The number of anilines is 1. The van der Waals surface area contributed by atoms with Gasteiger partial charge in [-0.25, -0.2) is 4.98 Å². The van der Waals surface area contributed by atoms with Gasteiger partial charge in [0, 0.05) is 11.4 Å². The van der Waals surface area contributed by atoms with Gasteiger partial charge in [0.05, 0.1) is 12.2 Å². The number of carbonyl (C=O) groups excluding carboxylic acids is 2. The van der Waals surface area contributed by atoms with Crippen LogP contribution in [0.3, 0.4) is 0 Å². The molecule has 0 saturated heterocycles. The minimum absolute atomic E-state index is 0.0247. The molecule has 2 amide bonds. The van der Waals surface area contributed by atoms with Gasteiger partial charge in [0.15, 0.2) is 6.61 Å². The van der Waals surface area contributed by atoms with E-state index < -0.39 is 0 Å². The highest BCUT2D eigenvalue weighted by atomic mass is 32.1. The summed E-state index contributed by atoms with van der Waals surface area (Å²) in [6.07, 6.45) is 2.09. The molecule has 1 aliphatic heterocycles. The Hall–Kier alpha value is -2.41. The molecule has 1 aromatic carbocycles. The lowest BCUT2D eigenvalue weighted by atomic mass is 10.1. The second kappa shape index (κ2) is 5.90. The Kier molecular flexibility index (Phi) is 3.72. The fraction of sp³-hybridized carbons (Fsp3) is 0.353. The molecule has 0 atom stereocenters. The summed E-state index contributed by atoms with van der Waals surface area (Å²) in [6.45, 7) is 2.35. The van der Waals surface area contributed by atoms with Crippen molar-refractivity contribution in [3.05, 3.63) is 39.8 Å². The monoisotopic (exact) mass is 343 g/mol. The van der Waals surface area contributed by atoms with Gasteiger partial charge in [-0.2, -0.15) is 0 Å². The van der Waals surface area contributed by atoms with Gasteiger partial charge in [0.2, 0.25) is 0 Å². The van der Waals surface area contributed by atoms with Crippen molar-refractivity contribution >= 4 is 28.8 Å². The molecular formula is C17H17N3O3S. The molecule has 24 heavy (non-hydrogen) atoms. The molecule has 7 heteroatoms. The summed E-state index contributed by atoms with van der Waals surface area (Å²) in [6, 6.07) is 6.06. The van der Waals surface area contributed by atoms with Crippen LogP contribution in [0, 0.1) is 6.92 Å². The van der Waals surface area contributed by atoms with E-state index in [0.29, 0.717) is 24.0 Å². The van der Waals surface area contributed by atoms with E-state index in [9.17, 15) is 9.59 Å². The number of carbonyl (C=O) groups is 2. The minimum atomic E-state index is -0.135. The lowest BCUT2D eigenvalue weighted by molar-refractivity contribution is -0.121. The van der Waals surface area contributed by atoms with Crippen molar-refractivity contribution in [1.82, 2.24) is 10.3 Å². The van der Waals surface area contributed by atoms with Gasteiger partial charge in [-0.15, -0.1) is 11.3 Å². The van der Waals surface area contributed by atoms with E-state index in [0.717, 1.165) is 29.1 Å². The van der Waals surface area contributed by atoms with Crippen molar-refractivity contribution in [2.45, 2.75) is 32.4 Å². The Morgan fingerprint density at radius 1 is 1.46 bits per heavy atom. The van der Waals surface area contributed by atoms with Gasteiger partial charge >= 0.3 is 0 Å². The Morgan fingerprint density at radius 3 is 3.08 bits per heavy atom. The molecule has 1 fully saturated rings. The molecule has 1 aliphatic carbocycles. The molecule has 2 aromatic rings. The number of benzene rings is 1. The highest BCUT2D eigenvalue weighted by Gasteiger charge is 2.28. The van der Waals surface area contributed by atoms with Crippen LogP contribution in [0.5, 0.6) is 5.75 Å². The molecule has 2 aliphatic rings. The second-order valence-corrected chi connectivity index (χ2v) is 7.06. The minimum Gasteiger partial charge on any atom is -0.482 e. The van der Waals surface area contributed by atoms with Crippen molar-refractivity contribution in [2.75, 3.05) is 11.5 Å². The van der Waals surface area contributed by atoms with Gasteiger partial charge in [0.25, 0.3) is 11.8 Å². The zero-order chi connectivity index (χ0) is 16.7. The molecule has 0 radical (unpaired) electrons. The Morgan fingerprint density at radius 2 is 2.29 bits per heavy atom. The Bertz CT molecular complexity index is 813. The molecule has 2 heterocycles. The van der Waals surface area contributed by atoms with Gasteiger partial charge < -0.3 is 10.1 Å². The molecule has 1 aromatic heterocycles. The highest BCUT2D eigenvalue weighted by Crippen LogP contribution is 2.34. The number of nitrogens with zero attached hydrogens (tertiary/aromatic N) is 2. The maximum atomic E-state index is 12.2. The van der Waals surface area contributed by atoms with Crippen LogP contribution in [0.15, 0.2) is 23.6 Å². The third-order valence-electron chi connectivity index (χ3n) is 4.05. The molecular weight excluding hydrogens is 326 g/mol. The van der Waals surface area contributed by atoms with Crippen LogP contribution in [0.2, 0.25) is 0 Å². The first-order valence-corrected chi connectivity index (χ1v) is 8.77. The number of hydrogen-bond acceptors (Lipinski definition) is 5. The first kappa shape index (κ1) is 15.1. The summed E-state index contributed by atoms with van der Waals surface area (Å²) in [4.78, 5) is 30.3. The maximum Gasteiger partial charge on any atom is 0.270 e. The lowest BCUT2D eigenvalue weighted by Gasteiger charge is -2.28. The molecule has 1 saturated carbocycles. The van der Waals surface area contributed by atoms with Crippen LogP contribution < -0.4 is 15.0 Å². The summed E-state index contributed by atoms with van der Waals surface area (Å²) in [5.41, 5.74) is 2.25. The van der Waals surface area contributed by atoms with E-state index in [2.05, 4.69) is 10.3 Å². The lowest BCUT2D eigenvalue weighted by Crippen LogP contribution is -2.38. The number of hydrogen-bond donors (Lipinski definition) is 1. The predicted molar refractivity (Wildman–Crippen MR) is 90.5 cm³/mol. The van der Waals surface area contributed by atoms with Gasteiger partial charge in [-0.1, -0.05) is 6.07 Å². The first-order valence-electron chi connectivity index (χ1n) is 7.89. The number of rotatable bonds is 4. The number of nitrogens with one attached hydrogen (secondary N) is 1. The Balaban J connectivity index is 1.53. The number of thiazole rings is 1. The average Bonchev–Trinajstić information content (AvgIpc) is 3.24. The average molecular weight is 343 g/mol. The van der Waals surface area contributed by atoms with Crippen molar-refractivity contribution in [1.29, 1.82) is 0 Å². The van der Waals surface area contributed by atoms with Crippen LogP contribution in [-0.4, -0.2) is 29.4 Å². The number of amides is 2. The first-order chi connectivity index (χ1) is 11.6. The normalized spacial score (nSPS) is 16.5. The third-order valence-corrected chi connectivity index (χ3v) is 4.88. The smallest absolute Gasteiger partial charge is 0.270 e. The van der Waals surface area contributed by atoms with Crippen LogP contribution in [-0.2, 0) is 11.3 Å². The van der Waals surface area contributed by atoms with E-state index >= 15 is 0 Å². The number of ether oxygens (including phenoxy) is 1. The zero-order valence-electron chi connectivity index (χ0n) is 13.2.